The molecule has 0 aliphatic heterocycles. The lowest BCUT2D eigenvalue weighted by Gasteiger charge is -2.09. The summed E-state index contributed by atoms with van der Waals surface area (Å²) in [6, 6.07) is 14.6. The van der Waals surface area contributed by atoms with Crippen molar-refractivity contribution in [2.24, 2.45) is 0 Å². The predicted octanol–water partition coefficient (Wildman–Crippen LogP) is 2.48. The van der Waals surface area contributed by atoms with Crippen LogP contribution in [0.2, 0.25) is 0 Å². The van der Waals surface area contributed by atoms with Gasteiger partial charge in [0.2, 0.25) is 5.91 Å². The Morgan fingerprint density at radius 3 is 2.73 bits per heavy atom. The first-order chi connectivity index (χ1) is 12.6. The third-order valence-corrected chi connectivity index (χ3v) is 4.54. The van der Waals surface area contributed by atoms with Gasteiger partial charge in [-0.3, -0.25) is 9.59 Å². The zero-order valence-electron chi connectivity index (χ0n) is 14.3. The maximum Gasteiger partial charge on any atom is 0.267 e. The highest BCUT2D eigenvalue weighted by Crippen LogP contribution is 2.20. The van der Waals surface area contributed by atoms with Crippen molar-refractivity contribution in [1.82, 2.24) is 15.1 Å². The van der Waals surface area contributed by atoms with Crippen LogP contribution in [0.15, 0.2) is 58.7 Å². The van der Waals surface area contributed by atoms with Gasteiger partial charge < -0.3 is 10.1 Å². The van der Waals surface area contributed by atoms with E-state index in [1.807, 2.05) is 48.7 Å². The molecule has 2 heterocycles. The molecule has 1 aromatic carbocycles. The molecule has 3 rings (SSSR count). The van der Waals surface area contributed by atoms with Crippen LogP contribution < -0.4 is 15.6 Å². The molecule has 0 aliphatic carbocycles. The summed E-state index contributed by atoms with van der Waals surface area (Å²) < 4.78 is 6.73. The fourth-order valence-corrected chi connectivity index (χ4v) is 2.99. The first-order valence-electron chi connectivity index (χ1n) is 8.20. The number of hydrogen-bond acceptors (Lipinski definition) is 5. The molecular weight excluding hydrogens is 350 g/mol. The van der Waals surface area contributed by atoms with Crippen molar-refractivity contribution in [2.75, 3.05) is 13.2 Å². The highest BCUT2D eigenvalue weighted by Gasteiger charge is 2.08. The summed E-state index contributed by atoms with van der Waals surface area (Å²) >= 11 is 1.53. The Morgan fingerprint density at radius 2 is 2.00 bits per heavy atom. The average molecular weight is 369 g/mol. The lowest BCUT2D eigenvalue weighted by molar-refractivity contribution is -0.122. The molecule has 0 atom stereocenters. The Labute approximate surface area is 155 Å². The van der Waals surface area contributed by atoms with Crippen LogP contribution in [0, 0.1) is 6.92 Å². The van der Waals surface area contributed by atoms with Gasteiger partial charge >= 0.3 is 0 Å². The molecule has 0 aliphatic rings. The fourth-order valence-electron chi connectivity index (χ4n) is 2.30. The summed E-state index contributed by atoms with van der Waals surface area (Å²) in [5.74, 6) is 0.474. The maximum absolute atomic E-state index is 12.1. The minimum Gasteiger partial charge on any atom is -0.492 e. The second kappa shape index (κ2) is 8.44. The van der Waals surface area contributed by atoms with Crippen molar-refractivity contribution >= 4 is 17.2 Å². The minimum absolute atomic E-state index is 0.122. The Kier molecular flexibility index (Phi) is 5.80. The quantitative estimate of drug-likeness (QED) is 0.650. The molecule has 0 fully saturated rings. The minimum atomic E-state index is -0.309. The van der Waals surface area contributed by atoms with Gasteiger partial charge in [-0.05, 0) is 36.6 Å². The van der Waals surface area contributed by atoms with Gasteiger partial charge in [0.25, 0.3) is 5.56 Å². The number of nitrogens with one attached hydrogen (secondary N) is 1. The third kappa shape index (κ3) is 4.80. The summed E-state index contributed by atoms with van der Waals surface area (Å²) in [5.41, 5.74) is 1.53. The van der Waals surface area contributed by atoms with Crippen LogP contribution in [-0.4, -0.2) is 28.8 Å². The van der Waals surface area contributed by atoms with E-state index in [0.717, 1.165) is 16.2 Å². The first kappa shape index (κ1) is 17.9. The molecule has 0 saturated heterocycles. The van der Waals surface area contributed by atoms with E-state index in [4.69, 9.17) is 4.74 Å². The summed E-state index contributed by atoms with van der Waals surface area (Å²) in [6.07, 6.45) is 0. The number of thiophene rings is 1. The molecule has 3 aromatic rings. The smallest absolute Gasteiger partial charge is 0.267 e. The molecule has 26 heavy (non-hydrogen) atoms. The van der Waals surface area contributed by atoms with Gasteiger partial charge in [0, 0.05) is 6.07 Å². The number of carbonyl (C=O) groups excluding carboxylic acids is 1. The van der Waals surface area contributed by atoms with Crippen LogP contribution >= 0.6 is 11.3 Å². The molecule has 0 unspecified atom stereocenters. The molecule has 2 aromatic heterocycles. The monoisotopic (exact) mass is 369 g/mol. The molecule has 7 heteroatoms. The fraction of sp³-hybridized carbons (Fsp3) is 0.211. The van der Waals surface area contributed by atoms with E-state index in [2.05, 4.69) is 10.4 Å². The van der Waals surface area contributed by atoms with Crippen molar-refractivity contribution in [3.05, 3.63) is 69.8 Å². The summed E-state index contributed by atoms with van der Waals surface area (Å²) in [6.45, 7) is 2.59. The van der Waals surface area contributed by atoms with Crippen molar-refractivity contribution < 1.29 is 9.53 Å². The summed E-state index contributed by atoms with van der Waals surface area (Å²) in [7, 11) is 0. The van der Waals surface area contributed by atoms with E-state index in [1.165, 1.54) is 22.1 Å². The summed E-state index contributed by atoms with van der Waals surface area (Å²) in [5, 5.41) is 8.93. The maximum atomic E-state index is 12.1. The van der Waals surface area contributed by atoms with Crippen LogP contribution in [-0.2, 0) is 11.3 Å². The van der Waals surface area contributed by atoms with Crippen molar-refractivity contribution in [1.29, 1.82) is 0 Å². The Balaban J connectivity index is 1.51. The van der Waals surface area contributed by atoms with Crippen LogP contribution in [0.4, 0.5) is 0 Å². The summed E-state index contributed by atoms with van der Waals surface area (Å²) in [4.78, 5) is 24.9. The van der Waals surface area contributed by atoms with Gasteiger partial charge in [-0.15, -0.1) is 11.3 Å². The van der Waals surface area contributed by atoms with E-state index in [9.17, 15) is 9.59 Å². The molecule has 0 radical (unpaired) electrons. The van der Waals surface area contributed by atoms with Crippen LogP contribution in [0.1, 0.15) is 5.56 Å². The number of nitrogens with zero attached hydrogens (tertiary/aromatic N) is 2. The van der Waals surface area contributed by atoms with E-state index < -0.39 is 0 Å². The molecule has 0 spiro atoms. The largest absolute Gasteiger partial charge is 0.492 e. The number of aryl methyl sites for hydroxylation is 1. The van der Waals surface area contributed by atoms with E-state index in [1.54, 1.807) is 6.07 Å². The van der Waals surface area contributed by atoms with E-state index in [-0.39, 0.29) is 18.0 Å². The number of carbonyl (C=O) groups is 1. The molecule has 1 amide bonds. The van der Waals surface area contributed by atoms with Gasteiger partial charge in [0.15, 0.2) is 0 Å². The highest BCUT2D eigenvalue weighted by molar-refractivity contribution is 7.13. The van der Waals surface area contributed by atoms with Crippen LogP contribution in [0.3, 0.4) is 0 Å². The first-order valence-corrected chi connectivity index (χ1v) is 9.08. The standard InChI is InChI=1S/C19H19N3O3S/c1-14-4-6-15(7-5-14)25-11-10-20-18(23)13-22-19(24)9-8-16(21-22)17-3-2-12-26-17/h2-9,12H,10-11,13H2,1H3,(H,20,23). The van der Waals surface area contributed by atoms with Gasteiger partial charge in [-0.1, -0.05) is 23.8 Å². The van der Waals surface area contributed by atoms with E-state index in [0.29, 0.717) is 18.8 Å². The number of benzene rings is 1. The number of hydrogen-bond donors (Lipinski definition) is 1. The molecule has 0 bridgehead atoms. The zero-order valence-corrected chi connectivity index (χ0v) is 15.2. The van der Waals surface area contributed by atoms with Crippen molar-refractivity contribution in [3.63, 3.8) is 0 Å². The molecular formula is C19H19N3O3S. The molecule has 6 nitrogen and oxygen atoms in total. The zero-order chi connectivity index (χ0) is 18.4. The van der Waals surface area contributed by atoms with E-state index >= 15 is 0 Å². The number of aromatic nitrogens is 2. The van der Waals surface area contributed by atoms with Gasteiger partial charge in [-0.25, -0.2) is 4.68 Å². The average Bonchev–Trinajstić information content (AvgIpc) is 3.17. The lowest BCUT2D eigenvalue weighted by atomic mass is 10.2. The topological polar surface area (TPSA) is 73.2 Å². The second-order valence-electron chi connectivity index (χ2n) is 5.70. The lowest BCUT2D eigenvalue weighted by Crippen LogP contribution is -2.35. The molecule has 1 N–H and O–H groups in total. The number of ether oxygens (including phenoxy) is 1. The number of amides is 1. The third-order valence-electron chi connectivity index (χ3n) is 3.65. The van der Waals surface area contributed by atoms with Crippen molar-refractivity contribution in [2.45, 2.75) is 13.5 Å². The molecule has 0 saturated carbocycles. The predicted molar refractivity (Wildman–Crippen MR) is 101 cm³/mol. The SMILES string of the molecule is Cc1ccc(OCCNC(=O)Cn2nc(-c3cccs3)ccc2=O)cc1. The van der Waals surface area contributed by atoms with Crippen molar-refractivity contribution in [3.8, 4) is 16.3 Å². The molecule has 134 valence electrons. The second-order valence-corrected chi connectivity index (χ2v) is 6.65. The van der Waals surface area contributed by atoms with Gasteiger partial charge in [0.1, 0.15) is 24.6 Å². The Morgan fingerprint density at radius 1 is 1.19 bits per heavy atom. The van der Waals surface area contributed by atoms with Gasteiger partial charge in [-0.2, -0.15) is 5.10 Å². The normalized spacial score (nSPS) is 10.5. The Bertz CT molecular complexity index is 918. The Hall–Kier alpha value is -2.93. The number of rotatable bonds is 7. The van der Waals surface area contributed by atoms with Crippen LogP contribution in [0.25, 0.3) is 10.6 Å². The van der Waals surface area contributed by atoms with Crippen LogP contribution in [0.5, 0.6) is 5.75 Å². The highest BCUT2D eigenvalue weighted by atomic mass is 32.1. The van der Waals surface area contributed by atoms with Gasteiger partial charge in [0.05, 0.1) is 11.4 Å².